The van der Waals surface area contributed by atoms with Crippen LogP contribution in [0.1, 0.15) is 22.3 Å². The summed E-state index contributed by atoms with van der Waals surface area (Å²) >= 11 is 3.39. The molecule has 0 aliphatic heterocycles. The van der Waals surface area contributed by atoms with Crippen LogP contribution in [-0.4, -0.2) is 22.9 Å². The number of halogens is 1. The molecular formula is C21H20BrN3O2. The van der Waals surface area contributed by atoms with Gasteiger partial charge in [0.15, 0.2) is 0 Å². The highest BCUT2D eigenvalue weighted by Gasteiger charge is 2.08. The van der Waals surface area contributed by atoms with E-state index in [4.69, 9.17) is 0 Å². The maximum absolute atomic E-state index is 12.2. The number of anilines is 1. The molecule has 0 saturated carbocycles. The van der Waals surface area contributed by atoms with Crippen LogP contribution in [0.25, 0.3) is 5.69 Å². The Labute approximate surface area is 166 Å². The quantitative estimate of drug-likeness (QED) is 0.617. The number of aromatic nitrogens is 1. The van der Waals surface area contributed by atoms with E-state index in [1.807, 2.05) is 66.3 Å². The summed E-state index contributed by atoms with van der Waals surface area (Å²) in [5.74, 6) is -0.333. The van der Waals surface area contributed by atoms with Crippen LogP contribution in [-0.2, 0) is 4.79 Å². The molecule has 5 nitrogen and oxygen atoms in total. The maximum atomic E-state index is 12.2. The average molecular weight is 426 g/mol. The highest BCUT2D eigenvalue weighted by molar-refractivity contribution is 9.10. The number of carbonyl (C=O) groups excluding carboxylic acids is 2. The molecule has 138 valence electrons. The van der Waals surface area contributed by atoms with E-state index in [1.165, 1.54) is 0 Å². The highest BCUT2D eigenvalue weighted by Crippen LogP contribution is 2.20. The molecule has 3 aromatic rings. The fraction of sp³-hybridized carbons (Fsp3) is 0.143. The van der Waals surface area contributed by atoms with Crippen molar-refractivity contribution in [1.82, 2.24) is 9.88 Å². The van der Waals surface area contributed by atoms with Gasteiger partial charge >= 0.3 is 0 Å². The number of hydrogen-bond acceptors (Lipinski definition) is 2. The van der Waals surface area contributed by atoms with Crippen molar-refractivity contribution in [3.63, 3.8) is 0 Å². The van der Waals surface area contributed by atoms with Crippen molar-refractivity contribution in [1.29, 1.82) is 0 Å². The third kappa shape index (κ3) is 5.08. The second-order valence-corrected chi connectivity index (χ2v) is 7.07. The van der Waals surface area contributed by atoms with Crippen molar-refractivity contribution >= 4 is 33.4 Å². The first-order chi connectivity index (χ1) is 13.0. The summed E-state index contributed by atoms with van der Waals surface area (Å²) in [5, 5.41) is 5.64. The number of aryl methyl sites for hydroxylation is 1. The summed E-state index contributed by atoms with van der Waals surface area (Å²) in [6.45, 7) is 2.21. The molecule has 2 aromatic carbocycles. The molecule has 2 amide bonds. The Morgan fingerprint density at radius 1 is 1.04 bits per heavy atom. The summed E-state index contributed by atoms with van der Waals surface area (Å²) in [5.41, 5.74) is 3.30. The van der Waals surface area contributed by atoms with E-state index in [0.717, 1.165) is 21.4 Å². The Bertz CT molecular complexity index is 935. The minimum Gasteiger partial charge on any atom is -0.352 e. The van der Waals surface area contributed by atoms with Crippen LogP contribution < -0.4 is 10.6 Å². The lowest BCUT2D eigenvalue weighted by atomic mass is 10.2. The second-order valence-electron chi connectivity index (χ2n) is 6.15. The van der Waals surface area contributed by atoms with Gasteiger partial charge in [-0.05, 0) is 61.0 Å². The zero-order valence-corrected chi connectivity index (χ0v) is 16.5. The Balaban J connectivity index is 1.49. The van der Waals surface area contributed by atoms with Crippen LogP contribution in [0.5, 0.6) is 0 Å². The number of nitrogens with zero attached hydrogens (tertiary/aromatic N) is 1. The molecule has 1 aromatic heterocycles. The molecule has 0 aliphatic rings. The molecule has 2 N–H and O–H groups in total. The predicted molar refractivity (Wildman–Crippen MR) is 110 cm³/mol. The number of carbonyl (C=O) groups is 2. The number of nitrogens with one attached hydrogen (secondary N) is 2. The Hall–Kier alpha value is -2.86. The topological polar surface area (TPSA) is 63.1 Å². The third-order valence-electron chi connectivity index (χ3n) is 4.14. The van der Waals surface area contributed by atoms with Crippen LogP contribution >= 0.6 is 15.9 Å². The van der Waals surface area contributed by atoms with Gasteiger partial charge in [-0.15, -0.1) is 0 Å². The molecule has 3 rings (SSSR count). The van der Waals surface area contributed by atoms with E-state index in [9.17, 15) is 9.59 Å². The highest BCUT2D eigenvalue weighted by atomic mass is 79.9. The van der Waals surface area contributed by atoms with Crippen molar-refractivity contribution in [2.24, 2.45) is 0 Å². The number of rotatable bonds is 6. The van der Waals surface area contributed by atoms with Gasteiger partial charge in [0.05, 0.1) is 0 Å². The van der Waals surface area contributed by atoms with Gasteiger partial charge in [0.1, 0.15) is 0 Å². The summed E-state index contributed by atoms with van der Waals surface area (Å²) in [6, 6.07) is 16.9. The number of hydrogen-bond donors (Lipinski definition) is 2. The summed E-state index contributed by atoms with van der Waals surface area (Å²) < 4.78 is 2.87. The lowest BCUT2D eigenvalue weighted by molar-refractivity contribution is -0.116. The molecule has 0 fully saturated rings. The Morgan fingerprint density at radius 2 is 1.74 bits per heavy atom. The molecule has 0 bridgehead atoms. The molecule has 6 heteroatoms. The van der Waals surface area contributed by atoms with Crippen LogP contribution in [0.4, 0.5) is 5.69 Å². The smallest absolute Gasteiger partial charge is 0.251 e. The molecule has 0 unspecified atom stereocenters. The van der Waals surface area contributed by atoms with Gasteiger partial charge in [-0.25, -0.2) is 0 Å². The Morgan fingerprint density at radius 3 is 2.44 bits per heavy atom. The van der Waals surface area contributed by atoms with Crippen LogP contribution in [0.2, 0.25) is 0 Å². The van der Waals surface area contributed by atoms with Gasteiger partial charge in [-0.1, -0.05) is 22.0 Å². The van der Waals surface area contributed by atoms with Gasteiger partial charge in [-0.3, -0.25) is 9.59 Å². The first-order valence-electron chi connectivity index (χ1n) is 8.60. The van der Waals surface area contributed by atoms with Gasteiger partial charge < -0.3 is 15.2 Å². The first-order valence-corrected chi connectivity index (χ1v) is 9.40. The van der Waals surface area contributed by atoms with Crippen molar-refractivity contribution < 1.29 is 9.59 Å². The van der Waals surface area contributed by atoms with E-state index in [1.54, 1.807) is 12.1 Å². The van der Waals surface area contributed by atoms with Gasteiger partial charge in [0.25, 0.3) is 5.91 Å². The average Bonchev–Trinajstić information content (AvgIpc) is 3.19. The van der Waals surface area contributed by atoms with Crippen molar-refractivity contribution in [3.8, 4) is 5.69 Å². The second kappa shape index (κ2) is 8.68. The van der Waals surface area contributed by atoms with Crippen molar-refractivity contribution in [2.75, 3.05) is 11.9 Å². The van der Waals surface area contributed by atoms with Gasteiger partial charge in [-0.2, -0.15) is 0 Å². The molecule has 27 heavy (non-hydrogen) atoms. The maximum Gasteiger partial charge on any atom is 0.251 e. The largest absolute Gasteiger partial charge is 0.352 e. The fourth-order valence-electron chi connectivity index (χ4n) is 2.62. The standard InChI is InChI=1S/C21H20BrN3O2/c1-15-4-7-17(22)14-19(15)24-20(26)10-11-23-21(27)16-5-8-18(9-6-16)25-12-2-3-13-25/h2-9,12-14H,10-11H2,1H3,(H,23,27)(H,24,26). The number of benzene rings is 2. The molecule has 0 aliphatic carbocycles. The Kier molecular flexibility index (Phi) is 6.08. The molecule has 1 heterocycles. The zero-order valence-electron chi connectivity index (χ0n) is 14.9. The fourth-order valence-corrected chi connectivity index (χ4v) is 2.99. The minimum absolute atomic E-state index is 0.139. The molecule has 0 saturated heterocycles. The number of amides is 2. The molecule has 0 atom stereocenters. The van der Waals surface area contributed by atoms with E-state index >= 15 is 0 Å². The minimum atomic E-state index is -0.194. The van der Waals surface area contributed by atoms with Crippen LogP contribution in [0, 0.1) is 6.92 Å². The van der Waals surface area contributed by atoms with Crippen LogP contribution in [0.3, 0.4) is 0 Å². The van der Waals surface area contributed by atoms with E-state index in [0.29, 0.717) is 5.56 Å². The van der Waals surface area contributed by atoms with Gasteiger partial charge in [0.2, 0.25) is 5.91 Å². The summed E-state index contributed by atoms with van der Waals surface area (Å²) in [6.07, 6.45) is 4.10. The van der Waals surface area contributed by atoms with E-state index < -0.39 is 0 Å². The SMILES string of the molecule is Cc1ccc(Br)cc1NC(=O)CCNC(=O)c1ccc(-n2cccc2)cc1. The van der Waals surface area contributed by atoms with Gasteiger partial charge in [0, 0.05) is 46.8 Å². The molecule has 0 spiro atoms. The van der Waals surface area contributed by atoms with E-state index in [2.05, 4.69) is 26.6 Å². The zero-order chi connectivity index (χ0) is 19.2. The normalized spacial score (nSPS) is 10.4. The monoisotopic (exact) mass is 425 g/mol. The lowest BCUT2D eigenvalue weighted by Gasteiger charge is -2.10. The molecule has 0 radical (unpaired) electrons. The predicted octanol–water partition coefficient (Wildman–Crippen LogP) is 4.31. The van der Waals surface area contributed by atoms with E-state index in [-0.39, 0.29) is 24.8 Å². The van der Waals surface area contributed by atoms with Crippen molar-refractivity contribution in [3.05, 3.63) is 82.6 Å². The molecular weight excluding hydrogens is 406 g/mol. The summed E-state index contributed by atoms with van der Waals surface area (Å²) in [4.78, 5) is 24.3. The lowest BCUT2D eigenvalue weighted by Crippen LogP contribution is -2.27. The third-order valence-corrected chi connectivity index (χ3v) is 4.64. The summed E-state index contributed by atoms with van der Waals surface area (Å²) in [7, 11) is 0. The first kappa shape index (κ1) is 18.9. The van der Waals surface area contributed by atoms with Crippen LogP contribution in [0.15, 0.2) is 71.5 Å². The van der Waals surface area contributed by atoms with Crippen molar-refractivity contribution in [2.45, 2.75) is 13.3 Å².